The van der Waals surface area contributed by atoms with Crippen LogP contribution in [0, 0.1) is 0 Å². The Hall–Kier alpha value is -2.93. The van der Waals surface area contributed by atoms with Crippen LogP contribution in [-0.2, 0) is 0 Å². The molecule has 4 rings (SSSR count). The average molecular weight is 351 g/mol. The molecule has 7 heteroatoms. The molecule has 0 radical (unpaired) electrons. The van der Waals surface area contributed by atoms with E-state index in [4.69, 9.17) is 9.47 Å². The normalized spacial score (nSPS) is 14.4. The summed E-state index contributed by atoms with van der Waals surface area (Å²) in [5, 5.41) is 4.43. The van der Waals surface area contributed by atoms with Crippen molar-refractivity contribution < 1.29 is 9.47 Å². The number of nitrogens with one attached hydrogen (secondary N) is 1. The summed E-state index contributed by atoms with van der Waals surface area (Å²) in [6.07, 6.45) is 5.13. The number of fused-ring (bicyclic) bond motifs is 1. The van der Waals surface area contributed by atoms with E-state index in [9.17, 15) is 0 Å². The van der Waals surface area contributed by atoms with Gasteiger partial charge in [0.05, 0.1) is 5.52 Å². The highest BCUT2D eigenvalue weighted by molar-refractivity contribution is 5.79. The highest BCUT2D eigenvalue weighted by Gasteiger charge is 2.17. The van der Waals surface area contributed by atoms with Gasteiger partial charge in [0.15, 0.2) is 5.82 Å². The van der Waals surface area contributed by atoms with Gasteiger partial charge < -0.3 is 19.7 Å². The Bertz CT molecular complexity index is 867. The number of aromatic nitrogens is 3. The maximum absolute atomic E-state index is 5.82. The van der Waals surface area contributed by atoms with Gasteiger partial charge in [-0.05, 0) is 18.2 Å². The quantitative estimate of drug-likeness (QED) is 0.680. The molecule has 3 aromatic rings. The summed E-state index contributed by atoms with van der Waals surface area (Å²) in [4.78, 5) is 15.3. The first-order valence-corrected chi connectivity index (χ1v) is 8.77. The lowest BCUT2D eigenvalue weighted by Crippen LogP contribution is -2.44. The number of hydrogen-bond donors (Lipinski definition) is 1. The Kier molecular flexibility index (Phi) is 5.07. The second kappa shape index (κ2) is 7.97. The minimum absolute atomic E-state index is 0.401. The second-order valence-corrected chi connectivity index (χ2v) is 5.98. The number of nitrogens with zero attached hydrogens (tertiary/aromatic N) is 4. The van der Waals surface area contributed by atoms with Crippen molar-refractivity contribution in [2.75, 3.05) is 44.3 Å². The van der Waals surface area contributed by atoms with Gasteiger partial charge in [-0.25, -0.2) is 9.97 Å². The topological polar surface area (TPSA) is 72.4 Å². The molecule has 2 aromatic heterocycles. The van der Waals surface area contributed by atoms with E-state index in [0.717, 1.165) is 48.6 Å². The average Bonchev–Trinajstić information content (AvgIpc) is 2.72. The first-order chi connectivity index (χ1) is 12.9. The molecule has 3 heterocycles. The van der Waals surface area contributed by atoms with E-state index in [1.54, 1.807) is 18.6 Å². The van der Waals surface area contributed by atoms with Gasteiger partial charge in [-0.15, -0.1) is 0 Å². The number of rotatable bonds is 6. The number of piperazine rings is 1. The van der Waals surface area contributed by atoms with Gasteiger partial charge in [0.2, 0.25) is 0 Å². The fourth-order valence-electron chi connectivity index (χ4n) is 2.95. The zero-order valence-electron chi connectivity index (χ0n) is 14.5. The lowest BCUT2D eigenvalue weighted by molar-refractivity contribution is 0.212. The lowest BCUT2D eigenvalue weighted by atomic mass is 10.2. The van der Waals surface area contributed by atoms with Crippen LogP contribution in [0.15, 0.2) is 48.9 Å². The first kappa shape index (κ1) is 16.5. The first-order valence-electron chi connectivity index (χ1n) is 8.77. The van der Waals surface area contributed by atoms with Crippen LogP contribution in [0.25, 0.3) is 10.9 Å². The molecule has 1 fully saturated rings. The summed E-state index contributed by atoms with van der Waals surface area (Å²) in [5.41, 5.74) is 0.917. The van der Waals surface area contributed by atoms with Crippen LogP contribution in [0.5, 0.6) is 11.6 Å². The number of hydrogen-bond acceptors (Lipinski definition) is 7. The zero-order valence-corrected chi connectivity index (χ0v) is 14.5. The Labute approximate surface area is 152 Å². The minimum Gasteiger partial charge on any atom is -0.490 e. The van der Waals surface area contributed by atoms with Gasteiger partial charge in [-0.2, -0.15) is 0 Å². The molecule has 1 aromatic carbocycles. The van der Waals surface area contributed by atoms with Gasteiger partial charge in [0.1, 0.15) is 19.0 Å². The molecule has 0 atom stereocenters. The molecule has 0 aliphatic carbocycles. The minimum atomic E-state index is 0.401. The van der Waals surface area contributed by atoms with E-state index < -0.39 is 0 Å². The molecular weight excluding hydrogens is 330 g/mol. The van der Waals surface area contributed by atoms with Crippen molar-refractivity contribution in [3.63, 3.8) is 0 Å². The summed E-state index contributed by atoms with van der Waals surface area (Å²) in [7, 11) is 0. The summed E-state index contributed by atoms with van der Waals surface area (Å²) < 4.78 is 11.6. The summed E-state index contributed by atoms with van der Waals surface area (Å²) in [6.45, 7) is 4.50. The molecule has 0 bridgehead atoms. The Morgan fingerprint density at radius 3 is 2.69 bits per heavy atom. The molecule has 1 aliphatic heterocycles. The third kappa shape index (κ3) is 3.83. The van der Waals surface area contributed by atoms with Crippen LogP contribution in [-0.4, -0.2) is 54.3 Å². The molecule has 0 spiro atoms. The van der Waals surface area contributed by atoms with Crippen molar-refractivity contribution in [3.05, 3.63) is 48.9 Å². The molecule has 134 valence electrons. The summed E-state index contributed by atoms with van der Waals surface area (Å²) in [6, 6.07) is 9.83. The Morgan fingerprint density at radius 2 is 1.77 bits per heavy atom. The van der Waals surface area contributed by atoms with E-state index >= 15 is 0 Å². The van der Waals surface area contributed by atoms with Gasteiger partial charge in [-0.1, -0.05) is 6.07 Å². The van der Waals surface area contributed by atoms with Crippen molar-refractivity contribution in [2.24, 2.45) is 0 Å². The number of benzene rings is 1. The van der Waals surface area contributed by atoms with Crippen LogP contribution >= 0.6 is 0 Å². The monoisotopic (exact) mass is 351 g/mol. The highest BCUT2D eigenvalue weighted by Crippen LogP contribution is 2.23. The summed E-state index contributed by atoms with van der Waals surface area (Å²) >= 11 is 0. The van der Waals surface area contributed by atoms with Crippen molar-refractivity contribution in [3.8, 4) is 11.6 Å². The van der Waals surface area contributed by atoms with E-state index in [-0.39, 0.29) is 0 Å². The van der Waals surface area contributed by atoms with Gasteiger partial charge in [-0.3, -0.25) is 4.98 Å². The molecule has 1 aliphatic rings. The molecule has 0 amide bonds. The maximum Gasteiger partial charge on any atom is 0.257 e. The smallest absolute Gasteiger partial charge is 0.257 e. The third-order valence-electron chi connectivity index (χ3n) is 4.23. The van der Waals surface area contributed by atoms with E-state index in [2.05, 4.69) is 25.2 Å². The molecule has 7 nitrogen and oxygen atoms in total. The lowest BCUT2D eigenvalue weighted by Gasteiger charge is -2.28. The van der Waals surface area contributed by atoms with Gasteiger partial charge >= 0.3 is 0 Å². The van der Waals surface area contributed by atoms with Crippen LogP contribution in [0.3, 0.4) is 0 Å². The SMILES string of the molecule is c1cnc2cc(OCCOc3nccnc3N3CCNCC3)ccc2c1. The van der Waals surface area contributed by atoms with Gasteiger partial charge in [0, 0.05) is 56.2 Å². The van der Waals surface area contributed by atoms with E-state index in [0.29, 0.717) is 19.1 Å². The molecule has 26 heavy (non-hydrogen) atoms. The zero-order chi connectivity index (χ0) is 17.6. The maximum atomic E-state index is 5.82. The molecule has 0 unspecified atom stereocenters. The van der Waals surface area contributed by atoms with Gasteiger partial charge in [0.25, 0.3) is 5.88 Å². The molecule has 0 saturated carbocycles. The second-order valence-electron chi connectivity index (χ2n) is 5.98. The number of ether oxygens (including phenoxy) is 2. The molecule has 1 saturated heterocycles. The van der Waals surface area contributed by atoms with Crippen molar-refractivity contribution in [1.82, 2.24) is 20.3 Å². The fraction of sp³-hybridized carbons (Fsp3) is 0.316. The van der Waals surface area contributed by atoms with Crippen molar-refractivity contribution in [1.29, 1.82) is 0 Å². The summed E-state index contributed by atoms with van der Waals surface area (Å²) in [5.74, 6) is 2.13. The highest BCUT2D eigenvalue weighted by atomic mass is 16.5. The predicted molar refractivity (Wildman–Crippen MR) is 99.8 cm³/mol. The standard InChI is InChI=1S/C19H21N5O2/c1-2-15-3-4-16(14-17(15)21-5-1)25-12-13-26-19-18(22-6-7-23-19)24-10-8-20-9-11-24/h1-7,14,20H,8-13H2. The largest absolute Gasteiger partial charge is 0.490 e. The number of pyridine rings is 1. The van der Waals surface area contributed by atoms with E-state index in [1.807, 2.05) is 30.3 Å². The fourth-order valence-corrected chi connectivity index (χ4v) is 2.95. The number of anilines is 1. The van der Waals surface area contributed by atoms with Crippen LogP contribution in [0.2, 0.25) is 0 Å². The van der Waals surface area contributed by atoms with Crippen LogP contribution in [0.1, 0.15) is 0 Å². The Balaban J connectivity index is 1.34. The van der Waals surface area contributed by atoms with Crippen molar-refractivity contribution in [2.45, 2.75) is 0 Å². The molecule has 1 N–H and O–H groups in total. The molecular formula is C19H21N5O2. The van der Waals surface area contributed by atoms with Crippen LogP contribution < -0.4 is 19.7 Å². The van der Waals surface area contributed by atoms with Crippen LogP contribution in [0.4, 0.5) is 5.82 Å². The van der Waals surface area contributed by atoms with Crippen molar-refractivity contribution >= 4 is 16.7 Å². The third-order valence-corrected chi connectivity index (χ3v) is 4.23. The van der Waals surface area contributed by atoms with E-state index in [1.165, 1.54) is 0 Å². The predicted octanol–water partition coefficient (Wildman–Crippen LogP) is 1.89. The Morgan fingerprint density at radius 1 is 0.923 bits per heavy atom.